The Kier molecular flexibility index (Phi) is 7.09. The van der Waals surface area contributed by atoms with Crippen LogP contribution in [0.15, 0.2) is 47.3 Å². The van der Waals surface area contributed by atoms with E-state index in [2.05, 4.69) is 19.8 Å². The summed E-state index contributed by atoms with van der Waals surface area (Å²) >= 11 is 12.0. The van der Waals surface area contributed by atoms with Gasteiger partial charge >= 0.3 is 0 Å². The summed E-state index contributed by atoms with van der Waals surface area (Å²) < 4.78 is 5.62. The number of nitrogens with zero attached hydrogens (tertiary/aromatic N) is 3. The fraction of sp³-hybridized carbons (Fsp3) is 0.364. The van der Waals surface area contributed by atoms with Crippen molar-refractivity contribution >= 4 is 34.1 Å². The van der Waals surface area contributed by atoms with Gasteiger partial charge in [0.2, 0.25) is 0 Å². The van der Waals surface area contributed by atoms with E-state index in [-0.39, 0.29) is 12.2 Å². The summed E-state index contributed by atoms with van der Waals surface area (Å²) in [6.45, 7) is 4.55. The van der Waals surface area contributed by atoms with Crippen LogP contribution in [0.4, 0.5) is 0 Å². The lowest BCUT2D eigenvalue weighted by molar-refractivity contribution is 0.0442. The molecule has 0 radical (unpaired) electrons. The summed E-state index contributed by atoms with van der Waals surface area (Å²) in [5.74, 6) is 1.18. The molecule has 9 heteroatoms. The summed E-state index contributed by atoms with van der Waals surface area (Å²) in [5.41, 5.74) is 0.604. The Morgan fingerprint density at radius 2 is 1.84 bits per heavy atom. The zero-order valence-electron chi connectivity index (χ0n) is 16.9. The predicted octanol–water partition coefficient (Wildman–Crippen LogP) is 2.79. The number of aromatic nitrogens is 2. The Morgan fingerprint density at radius 1 is 1.10 bits per heavy atom. The van der Waals surface area contributed by atoms with Crippen molar-refractivity contribution in [3.8, 4) is 5.75 Å². The van der Waals surface area contributed by atoms with E-state index in [1.807, 2.05) is 18.2 Å². The number of piperazine rings is 1. The third kappa shape index (κ3) is 5.75. The molecule has 2 heterocycles. The maximum Gasteiger partial charge on any atom is 0.258 e. The van der Waals surface area contributed by atoms with Crippen molar-refractivity contribution in [3.63, 3.8) is 0 Å². The van der Waals surface area contributed by atoms with Crippen LogP contribution in [0.25, 0.3) is 10.9 Å². The van der Waals surface area contributed by atoms with Crippen LogP contribution < -0.4 is 10.3 Å². The number of aliphatic hydroxyl groups excluding tert-OH is 1. The number of ether oxygens (including phenoxy) is 1. The van der Waals surface area contributed by atoms with Crippen LogP contribution in [0.2, 0.25) is 10.0 Å². The van der Waals surface area contributed by atoms with Gasteiger partial charge in [-0.15, -0.1) is 0 Å². The van der Waals surface area contributed by atoms with Crippen molar-refractivity contribution in [3.05, 3.63) is 68.7 Å². The number of H-pyrrole nitrogens is 1. The molecule has 1 aliphatic heterocycles. The lowest BCUT2D eigenvalue weighted by atomic mass is 10.2. The fourth-order valence-electron chi connectivity index (χ4n) is 3.68. The SMILES string of the molecule is O=c1[nH]c(CN2CCN(CC(O)COc3ccc(Cl)cc3Cl)CC2)nc2ccccc12. The molecular formula is C22H24Cl2N4O3. The highest BCUT2D eigenvalue weighted by atomic mass is 35.5. The molecule has 1 aliphatic rings. The number of hydrogen-bond donors (Lipinski definition) is 2. The third-order valence-corrected chi connectivity index (χ3v) is 5.82. The molecule has 2 N–H and O–H groups in total. The van der Waals surface area contributed by atoms with Crippen molar-refractivity contribution in [1.29, 1.82) is 0 Å². The first-order valence-corrected chi connectivity index (χ1v) is 10.9. The van der Waals surface area contributed by atoms with Crippen molar-refractivity contribution in [2.24, 2.45) is 0 Å². The van der Waals surface area contributed by atoms with E-state index < -0.39 is 6.10 Å². The highest BCUT2D eigenvalue weighted by Gasteiger charge is 2.20. The fourth-order valence-corrected chi connectivity index (χ4v) is 4.14. The maximum atomic E-state index is 12.2. The second-order valence-corrected chi connectivity index (χ2v) is 8.49. The van der Waals surface area contributed by atoms with E-state index in [1.165, 1.54) is 0 Å². The van der Waals surface area contributed by atoms with E-state index in [9.17, 15) is 9.90 Å². The zero-order valence-corrected chi connectivity index (χ0v) is 18.4. The Hall–Kier alpha value is -2.16. The predicted molar refractivity (Wildman–Crippen MR) is 122 cm³/mol. The average Bonchev–Trinajstić information content (AvgIpc) is 2.75. The van der Waals surface area contributed by atoms with Crippen LogP contribution in [0.5, 0.6) is 5.75 Å². The molecule has 1 fully saturated rings. The Morgan fingerprint density at radius 3 is 2.61 bits per heavy atom. The monoisotopic (exact) mass is 462 g/mol. The standard InChI is InChI=1S/C22H24Cl2N4O3/c23-15-5-6-20(18(24)11-15)31-14-16(29)12-27-7-9-28(10-8-27)13-21-25-19-4-2-1-3-17(19)22(30)26-21/h1-6,11,16,29H,7-10,12-14H2,(H,25,26,30). The number of hydrogen-bond acceptors (Lipinski definition) is 6. The van der Waals surface area contributed by atoms with Gasteiger partial charge in [0.1, 0.15) is 24.3 Å². The van der Waals surface area contributed by atoms with Gasteiger partial charge in [0.15, 0.2) is 0 Å². The largest absolute Gasteiger partial charge is 0.489 e. The van der Waals surface area contributed by atoms with Crippen molar-refractivity contribution in [2.45, 2.75) is 12.6 Å². The number of halogens is 2. The van der Waals surface area contributed by atoms with E-state index in [4.69, 9.17) is 27.9 Å². The van der Waals surface area contributed by atoms with E-state index >= 15 is 0 Å². The molecule has 1 unspecified atom stereocenters. The summed E-state index contributed by atoms with van der Waals surface area (Å²) in [5, 5.41) is 11.9. The van der Waals surface area contributed by atoms with Crippen LogP contribution >= 0.6 is 23.2 Å². The van der Waals surface area contributed by atoms with Crippen LogP contribution in [-0.4, -0.2) is 70.3 Å². The van der Waals surface area contributed by atoms with E-state index in [1.54, 1.807) is 24.3 Å². The topological polar surface area (TPSA) is 81.7 Å². The van der Waals surface area contributed by atoms with Gasteiger partial charge in [-0.05, 0) is 30.3 Å². The molecule has 3 aromatic rings. The van der Waals surface area contributed by atoms with E-state index in [0.717, 1.165) is 26.2 Å². The summed E-state index contributed by atoms with van der Waals surface area (Å²) in [6, 6.07) is 12.4. The molecule has 0 amide bonds. The third-order valence-electron chi connectivity index (χ3n) is 5.29. The quantitative estimate of drug-likeness (QED) is 0.561. The van der Waals surface area contributed by atoms with Gasteiger partial charge in [0.05, 0.1) is 22.5 Å². The second kappa shape index (κ2) is 9.97. The highest BCUT2D eigenvalue weighted by Crippen LogP contribution is 2.27. The van der Waals surface area contributed by atoms with Crippen LogP contribution in [-0.2, 0) is 6.54 Å². The minimum atomic E-state index is -0.628. The zero-order chi connectivity index (χ0) is 21.8. The lowest BCUT2D eigenvalue weighted by Crippen LogP contribution is -2.49. The van der Waals surface area contributed by atoms with Gasteiger partial charge in [-0.25, -0.2) is 4.98 Å². The molecule has 1 saturated heterocycles. The summed E-state index contributed by atoms with van der Waals surface area (Å²) in [6.07, 6.45) is -0.628. The molecule has 7 nitrogen and oxygen atoms in total. The van der Waals surface area contributed by atoms with Crippen molar-refractivity contribution in [2.75, 3.05) is 39.3 Å². The number of benzene rings is 2. The first-order chi connectivity index (χ1) is 15.0. The second-order valence-electron chi connectivity index (χ2n) is 7.65. The molecule has 0 spiro atoms. The van der Waals surface area contributed by atoms with Gasteiger partial charge in [-0.2, -0.15) is 0 Å². The van der Waals surface area contributed by atoms with Crippen molar-refractivity contribution in [1.82, 2.24) is 19.8 Å². The van der Waals surface area contributed by atoms with Gasteiger partial charge in [0.25, 0.3) is 5.56 Å². The average molecular weight is 463 g/mol. The Labute approximate surface area is 190 Å². The Balaban J connectivity index is 1.24. The normalized spacial score (nSPS) is 16.5. The van der Waals surface area contributed by atoms with Crippen LogP contribution in [0.3, 0.4) is 0 Å². The molecule has 2 aromatic carbocycles. The Bertz CT molecular complexity index is 1100. The molecule has 31 heavy (non-hydrogen) atoms. The minimum Gasteiger partial charge on any atom is -0.489 e. The number of aromatic amines is 1. The molecule has 4 rings (SSSR count). The van der Waals surface area contributed by atoms with Crippen molar-refractivity contribution < 1.29 is 9.84 Å². The van der Waals surface area contributed by atoms with Gasteiger partial charge in [0, 0.05) is 37.7 Å². The molecule has 0 aliphatic carbocycles. The number of nitrogens with one attached hydrogen (secondary N) is 1. The lowest BCUT2D eigenvalue weighted by Gasteiger charge is -2.35. The maximum absolute atomic E-state index is 12.2. The van der Waals surface area contributed by atoms with Gasteiger partial charge < -0.3 is 14.8 Å². The highest BCUT2D eigenvalue weighted by molar-refractivity contribution is 6.35. The summed E-state index contributed by atoms with van der Waals surface area (Å²) in [7, 11) is 0. The van der Waals surface area contributed by atoms with Crippen LogP contribution in [0.1, 0.15) is 5.82 Å². The van der Waals surface area contributed by atoms with Crippen LogP contribution in [0, 0.1) is 0 Å². The first kappa shape index (κ1) is 22.0. The smallest absolute Gasteiger partial charge is 0.258 e. The van der Waals surface area contributed by atoms with Gasteiger partial charge in [-0.3, -0.25) is 14.6 Å². The number of β-amino-alcohol motifs (C(OH)–C–C–N with tert-alkyl or cyclic N) is 1. The summed E-state index contributed by atoms with van der Waals surface area (Å²) in [4.78, 5) is 24.1. The number of rotatable bonds is 7. The molecule has 0 saturated carbocycles. The molecular weight excluding hydrogens is 439 g/mol. The molecule has 1 aromatic heterocycles. The minimum absolute atomic E-state index is 0.108. The molecule has 164 valence electrons. The first-order valence-electron chi connectivity index (χ1n) is 10.2. The number of para-hydroxylation sites is 1. The van der Waals surface area contributed by atoms with Gasteiger partial charge in [-0.1, -0.05) is 35.3 Å². The number of fused-ring (bicyclic) bond motifs is 1. The molecule has 1 atom stereocenters. The van der Waals surface area contributed by atoms with E-state index in [0.29, 0.717) is 45.6 Å². The molecule has 0 bridgehead atoms. The number of aliphatic hydroxyl groups is 1.